The van der Waals surface area contributed by atoms with E-state index in [9.17, 15) is 4.21 Å². The number of unbranched alkanes of at least 4 members (excludes halogenated alkanes) is 1. The predicted octanol–water partition coefficient (Wildman–Crippen LogP) is 3.75. The van der Waals surface area contributed by atoms with Crippen LogP contribution in [0.3, 0.4) is 0 Å². The molecule has 2 atom stereocenters. The van der Waals surface area contributed by atoms with Gasteiger partial charge in [-0.25, -0.2) is 0 Å². The lowest BCUT2D eigenvalue weighted by Crippen LogP contribution is -2.26. The van der Waals surface area contributed by atoms with Crippen molar-refractivity contribution in [3.05, 3.63) is 0 Å². The molecule has 0 amide bonds. The third kappa shape index (κ3) is 5.14. The minimum atomic E-state index is -0.640. The largest absolute Gasteiger partial charge is 0.260 e. The van der Waals surface area contributed by atoms with Crippen LogP contribution in [-0.4, -0.2) is 16.2 Å². The second-order valence-corrected chi connectivity index (χ2v) is 5.86. The molecule has 0 aliphatic carbocycles. The Kier molecular flexibility index (Phi) is 7.52. The normalized spacial score (nSPS) is 17.7. The van der Waals surface area contributed by atoms with E-state index >= 15 is 0 Å². The van der Waals surface area contributed by atoms with E-state index in [2.05, 4.69) is 20.8 Å². The smallest absolute Gasteiger partial charge is 0.0288 e. The zero-order valence-corrected chi connectivity index (χ0v) is 11.1. The molecule has 0 rings (SSSR count). The molecule has 0 aromatic heterocycles. The van der Waals surface area contributed by atoms with Gasteiger partial charge in [0.15, 0.2) is 0 Å². The molecule has 86 valence electrons. The van der Waals surface area contributed by atoms with Crippen molar-refractivity contribution in [3.63, 3.8) is 0 Å². The molecule has 2 unspecified atom stereocenters. The standard InChI is InChI=1S/C12H26OS/c1-5-8-10-12(7-3,9-6-2)11-14(4)13/h5-11H2,1-4H3. The molecule has 0 saturated carbocycles. The van der Waals surface area contributed by atoms with E-state index in [1.807, 2.05) is 6.26 Å². The Morgan fingerprint density at radius 3 is 2.07 bits per heavy atom. The Hall–Kier alpha value is 0.150. The van der Waals surface area contributed by atoms with Crippen LogP contribution >= 0.6 is 0 Å². The van der Waals surface area contributed by atoms with Gasteiger partial charge in [-0.15, -0.1) is 0 Å². The van der Waals surface area contributed by atoms with Gasteiger partial charge >= 0.3 is 0 Å². The predicted molar refractivity (Wildman–Crippen MR) is 66.1 cm³/mol. The van der Waals surface area contributed by atoms with Crippen molar-refractivity contribution in [3.8, 4) is 0 Å². The average Bonchev–Trinajstić information content (AvgIpc) is 2.14. The molecule has 14 heavy (non-hydrogen) atoms. The maximum Gasteiger partial charge on any atom is 0.0288 e. The van der Waals surface area contributed by atoms with E-state index in [1.165, 1.54) is 38.5 Å². The van der Waals surface area contributed by atoms with Crippen molar-refractivity contribution in [1.29, 1.82) is 0 Å². The van der Waals surface area contributed by atoms with Gasteiger partial charge < -0.3 is 0 Å². The Morgan fingerprint density at radius 1 is 1.07 bits per heavy atom. The van der Waals surface area contributed by atoms with Crippen molar-refractivity contribution in [2.45, 2.75) is 59.3 Å². The number of rotatable bonds is 8. The highest BCUT2D eigenvalue weighted by Crippen LogP contribution is 2.34. The minimum absolute atomic E-state index is 0.365. The summed E-state index contributed by atoms with van der Waals surface area (Å²) in [5.41, 5.74) is 0.365. The first-order chi connectivity index (χ1) is 6.60. The van der Waals surface area contributed by atoms with Gasteiger partial charge in [0.2, 0.25) is 0 Å². The van der Waals surface area contributed by atoms with Crippen molar-refractivity contribution in [1.82, 2.24) is 0 Å². The average molecular weight is 218 g/mol. The fourth-order valence-corrected chi connectivity index (χ4v) is 3.59. The summed E-state index contributed by atoms with van der Waals surface area (Å²) in [7, 11) is -0.640. The van der Waals surface area contributed by atoms with E-state index in [4.69, 9.17) is 0 Å². The lowest BCUT2D eigenvalue weighted by Gasteiger charge is -2.31. The number of hydrogen-bond acceptors (Lipinski definition) is 1. The van der Waals surface area contributed by atoms with E-state index in [0.29, 0.717) is 5.41 Å². The molecule has 0 aliphatic heterocycles. The lowest BCUT2D eigenvalue weighted by atomic mass is 9.78. The zero-order valence-electron chi connectivity index (χ0n) is 10.3. The van der Waals surface area contributed by atoms with Crippen molar-refractivity contribution in [2.24, 2.45) is 5.41 Å². The van der Waals surface area contributed by atoms with Gasteiger partial charge in [0, 0.05) is 22.8 Å². The Bertz CT molecular complexity index is 168. The summed E-state index contributed by atoms with van der Waals surface area (Å²) in [6.45, 7) is 6.71. The van der Waals surface area contributed by atoms with Crippen molar-refractivity contribution in [2.75, 3.05) is 12.0 Å². The van der Waals surface area contributed by atoms with E-state index in [1.54, 1.807) is 0 Å². The molecule has 0 saturated heterocycles. The Balaban J connectivity index is 4.33. The number of hydrogen-bond donors (Lipinski definition) is 0. The summed E-state index contributed by atoms with van der Waals surface area (Å²) < 4.78 is 11.4. The molecule has 2 heteroatoms. The maximum atomic E-state index is 11.4. The first-order valence-corrected chi connectivity index (χ1v) is 7.63. The monoisotopic (exact) mass is 218 g/mol. The summed E-state index contributed by atoms with van der Waals surface area (Å²) in [5, 5.41) is 0. The molecule has 0 aliphatic rings. The van der Waals surface area contributed by atoms with Crippen molar-refractivity contribution < 1.29 is 4.21 Å². The van der Waals surface area contributed by atoms with Crippen LogP contribution in [0.1, 0.15) is 59.3 Å². The second-order valence-electron chi connectivity index (χ2n) is 4.42. The minimum Gasteiger partial charge on any atom is -0.260 e. The van der Waals surface area contributed by atoms with Gasteiger partial charge in [-0.2, -0.15) is 0 Å². The maximum absolute atomic E-state index is 11.4. The zero-order chi connectivity index (χ0) is 11.0. The van der Waals surface area contributed by atoms with Gasteiger partial charge in [-0.1, -0.05) is 40.0 Å². The van der Waals surface area contributed by atoms with Gasteiger partial charge in [0.05, 0.1) is 0 Å². The second kappa shape index (κ2) is 7.44. The third-order valence-corrected chi connectivity index (χ3v) is 4.12. The molecular formula is C12H26OS. The van der Waals surface area contributed by atoms with Crippen LogP contribution in [0.15, 0.2) is 0 Å². The third-order valence-electron chi connectivity index (χ3n) is 3.10. The van der Waals surface area contributed by atoms with Crippen LogP contribution in [0.2, 0.25) is 0 Å². The molecule has 0 radical (unpaired) electrons. The highest BCUT2D eigenvalue weighted by molar-refractivity contribution is 7.84. The van der Waals surface area contributed by atoms with Crippen LogP contribution in [-0.2, 0) is 10.8 Å². The van der Waals surface area contributed by atoms with E-state index in [0.717, 1.165) is 5.75 Å². The van der Waals surface area contributed by atoms with E-state index in [-0.39, 0.29) is 0 Å². The highest BCUT2D eigenvalue weighted by Gasteiger charge is 2.27. The molecule has 0 N–H and O–H groups in total. The van der Waals surface area contributed by atoms with Crippen LogP contribution in [0.5, 0.6) is 0 Å². The summed E-state index contributed by atoms with van der Waals surface area (Å²) in [6.07, 6.45) is 9.27. The topological polar surface area (TPSA) is 17.1 Å². The van der Waals surface area contributed by atoms with Gasteiger partial charge in [-0.05, 0) is 24.7 Å². The fourth-order valence-electron chi connectivity index (χ4n) is 2.24. The summed E-state index contributed by atoms with van der Waals surface area (Å²) in [6, 6.07) is 0. The quantitative estimate of drug-likeness (QED) is 0.606. The van der Waals surface area contributed by atoms with Crippen molar-refractivity contribution >= 4 is 10.8 Å². The Labute approximate surface area is 92.1 Å². The first kappa shape index (κ1) is 14.2. The van der Waals surface area contributed by atoms with Gasteiger partial charge in [0.1, 0.15) is 0 Å². The van der Waals surface area contributed by atoms with Crippen LogP contribution in [0, 0.1) is 5.41 Å². The molecule has 0 bridgehead atoms. The molecule has 0 aromatic rings. The summed E-state index contributed by atoms with van der Waals surface area (Å²) in [5.74, 6) is 0.900. The molecule has 0 aromatic carbocycles. The van der Waals surface area contributed by atoms with Crippen LogP contribution in [0.4, 0.5) is 0 Å². The SMILES string of the molecule is CCCCC(CC)(CCC)CS(C)=O. The summed E-state index contributed by atoms with van der Waals surface area (Å²) in [4.78, 5) is 0. The molecule has 0 heterocycles. The van der Waals surface area contributed by atoms with Crippen LogP contribution < -0.4 is 0 Å². The lowest BCUT2D eigenvalue weighted by molar-refractivity contribution is 0.256. The molecule has 0 spiro atoms. The van der Waals surface area contributed by atoms with E-state index < -0.39 is 10.8 Å². The Morgan fingerprint density at radius 2 is 1.71 bits per heavy atom. The highest BCUT2D eigenvalue weighted by atomic mass is 32.2. The van der Waals surface area contributed by atoms with Crippen LogP contribution in [0.25, 0.3) is 0 Å². The first-order valence-electron chi connectivity index (χ1n) is 5.90. The fraction of sp³-hybridized carbons (Fsp3) is 1.00. The van der Waals surface area contributed by atoms with Gasteiger partial charge in [0.25, 0.3) is 0 Å². The van der Waals surface area contributed by atoms with Gasteiger partial charge in [-0.3, -0.25) is 4.21 Å². The molecule has 1 nitrogen and oxygen atoms in total. The molecule has 0 fully saturated rings. The molecular weight excluding hydrogens is 192 g/mol. The summed E-state index contributed by atoms with van der Waals surface area (Å²) >= 11 is 0.